The zero-order valence-corrected chi connectivity index (χ0v) is 16.4. The molecule has 0 spiro atoms. The number of methoxy groups -OCH3 is 1. The zero-order chi connectivity index (χ0) is 19.3. The third-order valence-corrected chi connectivity index (χ3v) is 5.42. The molecule has 0 unspecified atom stereocenters. The molecule has 2 heterocycles. The number of rotatable bonds is 6. The average Bonchev–Trinajstić information content (AvgIpc) is 3.26. The molecule has 0 aliphatic carbocycles. The first kappa shape index (κ1) is 18.4. The number of carbonyl (C=O) groups excluding carboxylic acids is 1. The maximum atomic E-state index is 13.4. The van der Waals surface area contributed by atoms with E-state index in [-0.39, 0.29) is 5.91 Å². The maximum Gasteiger partial charge on any atom is 0.254 e. The minimum absolute atomic E-state index is 0.0590. The smallest absolute Gasteiger partial charge is 0.254 e. The Kier molecular flexibility index (Phi) is 5.48. The van der Waals surface area contributed by atoms with Crippen molar-refractivity contribution < 1.29 is 19.0 Å². The second-order valence-corrected chi connectivity index (χ2v) is 7.44. The Hall–Kier alpha value is -2.99. The van der Waals surface area contributed by atoms with E-state index < -0.39 is 0 Å². The fourth-order valence-corrected chi connectivity index (χ4v) is 3.91. The van der Waals surface area contributed by atoms with Gasteiger partial charge in [0.05, 0.1) is 20.2 Å². The van der Waals surface area contributed by atoms with Crippen LogP contribution in [-0.4, -0.2) is 31.1 Å². The minimum Gasteiger partial charge on any atom is -0.496 e. The third-order valence-electron chi connectivity index (χ3n) is 4.56. The molecule has 144 valence electrons. The number of ether oxygens (including phenoxy) is 3. The van der Waals surface area contributed by atoms with Gasteiger partial charge >= 0.3 is 0 Å². The van der Waals surface area contributed by atoms with Gasteiger partial charge in [0.15, 0.2) is 11.5 Å². The summed E-state index contributed by atoms with van der Waals surface area (Å²) < 4.78 is 16.7. The highest BCUT2D eigenvalue weighted by atomic mass is 32.1. The minimum atomic E-state index is -0.0590. The monoisotopic (exact) mass is 395 g/mol. The first-order chi connectivity index (χ1) is 13.7. The Labute approximate surface area is 168 Å². The quantitative estimate of drug-likeness (QED) is 0.622. The highest BCUT2D eigenvalue weighted by Gasteiger charge is 2.21. The molecule has 0 saturated carbocycles. The molecule has 5 nitrogen and oxygen atoms in total. The Balaban J connectivity index is 1.63. The van der Waals surface area contributed by atoms with Gasteiger partial charge in [0, 0.05) is 16.0 Å². The van der Waals surface area contributed by atoms with Gasteiger partial charge < -0.3 is 19.1 Å². The van der Waals surface area contributed by atoms with E-state index in [1.54, 1.807) is 36.6 Å². The summed E-state index contributed by atoms with van der Waals surface area (Å²) in [5.41, 5.74) is 1.54. The largest absolute Gasteiger partial charge is 0.496 e. The lowest BCUT2D eigenvalue weighted by atomic mass is 10.1. The van der Waals surface area contributed by atoms with Gasteiger partial charge in [-0.3, -0.25) is 4.79 Å². The molecule has 4 rings (SSSR count). The molecule has 0 N–H and O–H groups in total. The number of para-hydroxylation sites is 1. The van der Waals surface area contributed by atoms with E-state index in [9.17, 15) is 4.79 Å². The van der Waals surface area contributed by atoms with Gasteiger partial charge in [0.1, 0.15) is 19.0 Å². The number of nitrogens with zero attached hydrogens (tertiary/aromatic N) is 1. The molecule has 1 aromatic heterocycles. The van der Waals surface area contributed by atoms with Gasteiger partial charge in [-0.2, -0.15) is 0 Å². The summed E-state index contributed by atoms with van der Waals surface area (Å²) in [6.07, 6.45) is 0. The lowest BCUT2D eigenvalue weighted by molar-refractivity contribution is 0.0729. The van der Waals surface area contributed by atoms with E-state index in [2.05, 4.69) is 0 Å². The fraction of sp³-hybridized carbons (Fsp3) is 0.227. The van der Waals surface area contributed by atoms with Crippen LogP contribution in [0.15, 0.2) is 60.0 Å². The van der Waals surface area contributed by atoms with Crippen LogP contribution in [-0.2, 0) is 13.1 Å². The molecule has 3 aromatic rings. The Bertz CT molecular complexity index is 955. The van der Waals surface area contributed by atoms with Crippen LogP contribution >= 0.6 is 11.3 Å². The first-order valence-electron chi connectivity index (χ1n) is 9.08. The molecule has 0 fully saturated rings. The second-order valence-electron chi connectivity index (χ2n) is 6.41. The van der Waals surface area contributed by atoms with Crippen molar-refractivity contribution in [3.05, 3.63) is 76.0 Å². The van der Waals surface area contributed by atoms with Crippen LogP contribution in [0.25, 0.3) is 0 Å². The fourth-order valence-electron chi connectivity index (χ4n) is 3.19. The van der Waals surface area contributed by atoms with Crippen molar-refractivity contribution in [3.8, 4) is 17.2 Å². The molecule has 0 bridgehead atoms. The standard InChI is InChI=1S/C22H21NO4S/c1-25-19-7-3-2-5-17(19)14-23(15-18-6-4-12-28-18)22(24)16-8-9-20-21(13-16)27-11-10-26-20/h2-9,12-13H,10-11,14-15H2,1H3. The summed E-state index contributed by atoms with van der Waals surface area (Å²) in [7, 11) is 1.64. The van der Waals surface area contributed by atoms with Gasteiger partial charge in [-0.1, -0.05) is 24.3 Å². The van der Waals surface area contributed by atoms with Crippen LogP contribution in [0.3, 0.4) is 0 Å². The van der Waals surface area contributed by atoms with Crippen molar-refractivity contribution in [2.75, 3.05) is 20.3 Å². The van der Waals surface area contributed by atoms with Crippen LogP contribution in [0.2, 0.25) is 0 Å². The predicted octanol–water partition coefficient (Wildman–Crippen LogP) is 4.37. The maximum absolute atomic E-state index is 13.4. The van der Waals surface area contributed by atoms with E-state index in [0.29, 0.717) is 43.4 Å². The zero-order valence-electron chi connectivity index (χ0n) is 15.6. The van der Waals surface area contributed by atoms with Crippen molar-refractivity contribution in [2.24, 2.45) is 0 Å². The van der Waals surface area contributed by atoms with Crippen LogP contribution in [0, 0.1) is 0 Å². The van der Waals surface area contributed by atoms with Gasteiger partial charge in [-0.25, -0.2) is 0 Å². The van der Waals surface area contributed by atoms with Crippen LogP contribution in [0.1, 0.15) is 20.8 Å². The molecule has 1 amide bonds. The molecule has 2 aromatic carbocycles. The Morgan fingerprint density at radius 2 is 1.86 bits per heavy atom. The van der Waals surface area contributed by atoms with Gasteiger partial charge in [-0.05, 0) is 35.7 Å². The van der Waals surface area contributed by atoms with E-state index in [4.69, 9.17) is 14.2 Å². The Morgan fingerprint density at radius 1 is 1.04 bits per heavy atom. The van der Waals surface area contributed by atoms with Crippen molar-refractivity contribution in [3.63, 3.8) is 0 Å². The van der Waals surface area contributed by atoms with Gasteiger partial charge in [-0.15, -0.1) is 11.3 Å². The summed E-state index contributed by atoms with van der Waals surface area (Å²) in [5.74, 6) is 2.01. The summed E-state index contributed by atoms with van der Waals surface area (Å²) in [6.45, 7) is 2.00. The topological polar surface area (TPSA) is 48.0 Å². The van der Waals surface area contributed by atoms with Crippen LogP contribution in [0.5, 0.6) is 17.2 Å². The molecule has 6 heteroatoms. The summed E-state index contributed by atoms with van der Waals surface area (Å²) in [5, 5.41) is 2.02. The third kappa shape index (κ3) is 3.97. The van der Waals surface area contributed by atoms with E-state index in [1.807, 2.05) is 46.7 Å². The number of hydrogen-bond donors (Lipinski definition) is 0. The highest BCUT2D eigenvalue weighted by molar-refractivity contribution is 7.09. The molecular weight excluding hydrogens is 374 g/mol. The first-order valence-corrected chi connectivity index (χ1v) is 9.96. The van der Waals surface area contributed by atoms with E-state index >= 15 is 0 Å². The number of hydrogen-bond acceptors (Lipinski definition) is 5. The number of fused-ring (bicyclic) bond motifs is 1. The molecule has 28 heavy (non-hydrogen) atoms. The van der Waals surface area contributed by atoms with E-state index in [0.717, 1.165) is 16.2 Å². The van der Waals surface area contributed by atoms with Gasteiger partial charge in [0.2, 0.25) is 0 Å². The van der Waals surface area contributed by atoms with Crippen LogP contribution < -0.4 is 14.2 Å². The lowest BCUT2D eigenvalue weighted by Crippen LogP contribution is -2.30. The molecular formula is C22H21NO4S. The lowest BCUT2D eigenvalue weighted by Gasteiger charge is -2.24. The molecule has 1 aliphatic heterocycles. The van der Waals surface area contributed by atoms with Crippen molar-refractivity contribution in [1.82, 2.24) is 4.90 Å². The molecule has 0 radical (unpaired) electrons. The second kappa shape index (κ2) is 8.35. The normalized spacial score (nSPS) is 12.5. The SMILES string of the molecule is COc1ccccc1CN(Cc1cccs1)C(=O)c1ccc2c(c1)OCCO2. The average molecular weight is 395 g/mol. The number of carbonyl (C=O) groups is 1. The number of thiophene rings is 1. The van der Waals surface area contributed by atoms with Crippen molar-refractivity contribution in [1.29, 1.82) is 0 Å². The van der Waals surface area contributed by atoms with Crippen molar-refractivity contribution >= 4 is 17.2 Å². The number of amides is 1. The molecule has 0 atom stereocenters. The molecule has 0 saturated heterocycles. The summed E-state index contributed by atoms with van der Waals surface area (Å²) >= 11 is 1.64. The van der Waals surface area contributed by atoms with E-state index in [1.165, 1.54) is 0 Å². The van der Waals surface area contributed by atoms with Crippen LogP contribution in [0.4, 0.5) is 0 Å². The Morgan fingerprint density at radius 3 is 2.64 bits per heavy atom. The van der Waals surface area contributed by atoms with Crippen molar-refractivity contribution in [2.45, 2.75) is 13.1 Å². The highest BCUT2D eigenvalue weighted by Crippen LogP contribution is 2.32. The van der Waals surface area contributed by atoms with Gasteiger partial charge in [0.25, 0.3) is 5.91 Å². The summed E-state index contributed by atoms with van der Waals surface area (Å²) in [6, 6.07) is 17.2. The molecule has 1 aliphatic rings. The number of benzene rings is 2. The predicted molar refractivity (Wildman–Crippen MR) is 108 cm³/mol. The summed E-state index contributed by atoms with van der Waals surface area (Å²) in [4.78, 5) is 16.3.